The van der Waals surface area contributed by atoms with Crippen molar-refractivity contribution in [2.45, 2.75) is 83.1 Å². The predicted molar refractivity (Wildman–Crippen MR) is 68.3 cm³/mol. The smallest absolute Gasteiger partial charge is 0.0374 e. The second kappa shape index (κ2) is 9.53. The van der Waals surface area contributed by atoms with Crippen LogP contribution >= 0.6 is 0 Å². The molecule has 1 aliphatic rings. The molecule has 0 amide bonds. The lowest BCUT2D eigenvalue weighted by Gasteiger charge is -2.09. The lowest BCUT2D eigenvalue weighted by atomic mass is 10.0. The molecule has 0 bridgehead atoms. The van der Waals surface area contributed by atoms with E-state index in [9.17, 15) is 0 Å². The van der Waals surface area contributed by atoms with E-state index in [0.29, 0.717) is 0 Å². The van der Waals surface area contributed by atoms with E-state index < -0.39 is 0 Å². The Hall–Kier alpha value is -0.690. The highest BCUT2D eigenvalue weighted by molar-refractivity contribution is 4.68. The molecule has 1 aliphatic carbocycles. The molecule has 16 heavy (non-hydrogen) atoms. The van der Waals surface area contributed by atoms with E-state index in [4.69, 9.17) is 5.53 Å². The minimum absolute atomic E-state index is 0.269. The summed E-state index contributed by atoms with van der Waals surface area (Å²) in [4.78, 5) is 2.97. The molecule has 1 saturated carbocycles. The van der Waals surface area contributed by atoms with Crippen molar-refractivity contribution in [3.63, 3.8) is 0 Å². The lowest BCUT2D eigenvalue weighted by molar-refractivity contribution is 0.496. The Kier molecular flexibility index (Phi) is 7.97. The summed E-state index contributed by atoms with van der Waals surface area (Å²) in [6.45, 7) is 0. The van der Waals surface area contributed by atoms with Crippen LogP contribution in [-0.2, 0) is 0 Å². The third kappa shape index (κ3) is 6.73. The van der Waals surface area contributed by atoms with E-state index in [0.717, 1.165) is 12.8 Å². The number of hydrogen-bond donors (Lipinski definition) is 0. The van der Waals surface area contributed by atoms with E-state index in [2.05, 4.69) is 10.0 Å². The Bertz CT molecular complexity index is 195. The summed E-state index contributed by atoms with van der Waals surface area (Å²) in [6, 6.07) is 0.269. The maximum Gasteiger partial charge on any atom is 0.0374 e. The molecule has 0 saturated heterocycles. The zero-order valence-corrected chi connectivity index (χ0v) is 10.4. The fraction of sp³-hybridized carbons (Fsp3) is 1.00. The van der Waals surface area contributed by atoms with Gasteiger partial charge in [-0.15, -0.1) is 0 Å². The molecule has 0 atom stereocenters. The molecular formula is C13H25N3. The van der Waals surface area contributed by atoms with Gasteiger partial charge < -0.3 is 0 Å². The van der Waals surface area contributed by atoms with Crippen LogP contribution < -0.4 is 0 Å². The molecular weight excluding hydrogens is 198 g/mol. The first-order valence-electron chi connectivity index (χ1n) is 6.97. The summed E-state index contributed by atoms with van der Waals surface area (Å²) < 4.78 is 0. The SMILES string of the molecule is [N-]=[N+]=NC1CCCCCCCCCCCC1. The van der Waals surface area contributed by atoms with Gasteiger partial charge in [-0.2, -0.15) is 0 Å². The quantitative estimate of drug-likeness (QED) is 0.326. The molecule has 3 heteroatoms. The summed E-state index contributed by atoms with van der Waals surface area (Å²) in [6.07, 6.45) is 15.7. The summed E-state index contributed by atoms with van der Waals surface area (Å²) in [7, 11) is 0. The molecule has 3 nitrogen and oxygen atoms in total. The van der Waals surface area contributed by atoms with Gasteiger partial charge in [-0.05, 0) is 18.4 Å². The van der Waals surface area contributed by atoms with Crippen molar-refractivity contribution in [1.82, 2.24) is 0 Å². The standard InChI is InChI=1S/C13H25N3/c14-16-15-13-11-9-7-5-3-1-2-4-6-8-10-12-13/h13H,1-12H2. The van der Waals surface area contributed by atoms with Crippen molar-refractivity contribution in [2.24, 2.45) is 5.11 Å². The fourth-order valence-corrected chi connectivity index (χ4v) is 2.51. The first-order valence-corrected chi connectivity index (χ1v) is 6.97. The van der Waals surface area contributed by atoms with Gasteiger partial charge in [0.15, 0.2) is 0 Å². The highest BCUT2D eigenvalue weighted by Crippen LogP contribution is 2.18. The first kappa shape index (κ1) is 13.4. The highest BCUT2D eigenvalue weighted by atomic mass is 15.1. The van der Waals surface area contributed by atoms with Crippen LogP contribution in [0.3, 0.4) is 0 Å². The monoisotopic (exact) mass is 223 g/mol. The van der Waals surface area contributed by atoms with E-state index >= 15 is 0 Å². The molecule has 1 fully saturated rings. The Labute approximate surface area is 99.2 Å². The van der Waals surface area contributed by atoms with Gasteiger partial charge in [0, 0.05) is 11.0 Å². The summed E-state index contributed by atoms with van der Waals surface area (Å²) in [5.74, 6) is 0. The zero-order chi connectivity index (χ0) is 11.5. The predicted octanol–water partition coefficient (Wildman–Crippen LogP) is 5.36. The van der Waals surface area contributed by atoms with Gasteiger partial charge in [-0.1, -0.05) is 69.3 Å². The first-order chi connectivity index (χ1) is 7.93. The number of rotatable bonds is 1. The van der Waals surface area contributed by atoms with Crippen molar-refractivity contribution in [1.29, 1.82) is 0 Å². The maximum absolute atomic E-state index is 8.51. The molecule has 0 aromatic rings. The highest BCUT2D eigenvalue weighted by Gasteiger charge is 2.06. The van der Waals surface area contributed by atoms with Crippen LogP contribution in [-0.4, -0.2) is 6.04 Å². The van der Waals surface area contributed by atoms with Gasteiger partial charge in [-0.3, -0.25) is 0 Å². The van der Waals surface area contributed by atoms with Gasteiger partial charge in [0.25, 0.3) is 0 Å². The Morgan fingerprint density at radius 3 is 1.44 bits per heavy atom. The molecule has 0 heterocycles. The maximum atomic E-state index is 8.51. The Morgan fingerprint density at radius 1 is 0.688 bits per heavy atom. The third-order valence-corrected chi connectivity index (χ3v) is 3.54. The second-order valence-corrected chi connectivity index (χ2v) is 4.97. The van der Waals surface area contributed by atoms with Gasteiger partial charge in [0.1, 0.15) is 0 Å². The Morgan fingerprint density at radius 2 is 1.06 bits per heavy atom. The number of hydrogen-bond acceptors (Lipinski definition) is 1. The van der Waals surface area contributed by atoms with Crippen LogP contribution in [0.4, 0.5) is 0 Å². The average Bonchev–Trinajstić information content (AvgIpc) is 2.31. The molecule has 0 unspecified atom stereocenters. The molecule has 0 spiro atoms. The number of nitrogens with zero attached hydrogens (tertiary/aromatic N) is 3. The number of azide groups is 1. The van der Waals surface area contributed by atoms with E-state index in [1.165, 1.54) is 64.2 Å². The van der Waals surface area contributed by atoms with Crippen molar-refractivity contribution in [3.05, 3.63) is 10.4 Å². The van der Waals surface area contributed by atoms with Gasteiger partial charge in [0.2, 0.25) is 0 Å². The largest absolute Gasteiger partial charge is 0.0906 e. The van der Waals surface area contributed by atoms with E-state index in [1.807, 2.05) is 0 Å². The Balaban J connectivity index is 2.28. The van der Waals surface area contributed by atoms with Crippen LogP contribution in [0.5, 0.6) is 0 Å². The summed E-state index contributed by atoms with van der Waals surface area (Å²) in [5.41, 5.74) is 8.51. The molecule has 0 aliphatic heterocycles. The van der Waals surface area contributed by atoms with Crippen LogP contribution in [0.2, 0.25) is 0 Å². The lowest BCUT2D eigenvalue weighted by Crippen LogP contribution is -2.03. The fourth-order valence-electron chi connectivity index (χ4n) is 2.51. The van der Waals surface area contributed by atoms with Crippen molar-refractivity contribution < 1.29 is 0 Å². The van der Waals surface area contributed by atoms with E-state index in [1.54, 1.807) is 0 Å². The topological polar surface area (TPSA) is 48.8 Å². The van der Waals surface area contributed by atoms with Crippen molar-refractivity contribution >= 4 is 0 Å². The molecule has 0 aromatic carbocycles. The molecule has 0 aromatic heterocycles. The van der Waals surface area contributed by atoms with Gasteiger partial charge in [0.05, 0.1) is 0 Å². The second-order valence-electron chi connectivity index (χ2n) is 4.97. The molecule has 0 N–H and O–H groups in total. The van der Waals surface area contributed by atoms with Crippen molar-refractivity contribution in [2.75, 3.05) is 0 Å². The van der Waals surface area contributed by atoms with Crippen LogP contribution in [0.25, 0.3) is 10.4 Å². The van der Waals surface area contributed by atoms with Crippen LogP contribution in [0.1, 0.15) is 77.0 Å². The van der Waals surface area contributed by atoms with Crippen LogP contribution in [0.15, 0.2) is 5.11 Å². The van der Waals surface area contributed by atoms with Gasteiger partial charge in [-0.25, -0.2) is 0 Å². The summed E-state index contributed by atoms with van der Waals surface area (Å²) in [5, 5.41) is 3.92. The van der Waals surface area contributed by atoms with Crippen molar-refractivity contribution in [3.8, 4) is 0 Å². The van der Waals surface area contributed by atoms with Crippen LogP contribution in [0, 0.1) is 0 Å². The molecule has 92 valence electrons. The normalized spacial score (nSPS) is 22.2. The zero-order valence-electron chi connectivity index (χ0n) is 10.4. The minimum atomic E-state index is 0.269. The average molecular weight is 223 g/mol. The van der Waals surface area contributed by atoms with E-state index in [-0.39, 0.29) is 6.04 Å². The van der Waals surface area contributed by atoms with Gasteiger partial charge >= 0.3 is 0 Å². The molecule has 1 rings (SSSR count). The molecule has 0 radical (unpaired) electrons. The summed E-state index contributed by atoms with van der Waals surface area (Å²) >= 11 is 0. The minimum Gasteiger partial charge on any atom is -0.0906 e. The third-order valence-electron chi connectivity index (χ3n) is 3.54.